The summed E-state index contributed by atoms with van der Waals surface area (Å²) in [6.45, 7) is 34.3. The first-order chi connectivity index (χ1) is 18.3. The number of carbonyl (C=O) groups is 2. The van der Waals surface area contributed by atoms with Crippen LogP contribution in [0.4, 0.5) is 0 Å². The molecule has 0 aromatic carbocycles. The third-order valence-electron chi connectivity index (χ3n) is 5.16. The van der Waals surface area contributed by atoms with Crippen LogP contribution in [0.15, 0.2) is 11.1 Å². The number of rotatable bonds is 19. The first-order valence-corrected chi connectivity index (χ1v) is 35.3. The molecular formula is C25H60O10Si7. The maximum Gasteiger partial charge on any atom is 0.474 e. The first-order valence-electron chi connectivity index (χ1n) is 14.7. The zero-order chi connectivity index (χ0) is 33.8. The lowest BCUT2D eigenvalue weighted by Gasteiger charge is -2.46. The second-order valence-corrected chi connectivity index (χ2v) is 43.2. The van der Waals surface area contributed by atoms with Crippen molar-refractivity contribution in [3.8, 4) is 0 Å². The van der Waals surface area contributed by atoms with Crippen LogP contribution in [0.5, 0.6) is 0 Å². The average Bonchev–Trinajstić information content (AvgIpc) is 2.58. The molecule has 0 bridgehead atoms. The predicted octanol–water partition coefficient (Wildman–Crippen LogP) is 7.54. The van der Waals surface area contributed by atoms with E-state index >= 15 is 0 Å². The molecule has 0 aliphatic carbocycles. The van der Waals surface area contributed by atoms with Gasteiger partial charge in [0.1, 0.15) is 0 Å². The van der Waals surface area contributed by atoms with Gasteiger partial charge in [-0.1, -0.05) is 13.8 Å². The van der Waals surface area contributed by atoms with Crippen molar-refractivity contribution < 1.29 is 44.5 Å². The molecule has 0 heterocycles. The molecule has 0 rings (SSSR count). The minimum Gasteiger partial charge on any atom is -0.478 e. The maximum absolute atomic E-state index is 12.2. The Kier molecular flexibility index (Phi) is 15.0. The molecule has 0 atom stereocenters. The molecule has 0 aliphatic rings. The highest BCUT2D eigenvalue weighted by Gasteiger charge is 2.56. The number of hydrogen-bond donors (Lipinski definition) is 2. The lowest BCUT2D eigenvalue weighted by molar-refractivity contribution is -0.136. The number of carboxylic acids is 2. The molecule has 17 heteroatoms. The van der Waals surface area contributed by atoms with E-state index in [0.717, 1.165) is 0 Å². The summed E-state index contributed by atoms with van der Waals surface area (Å²) < 4.78 is 40.8. The van der Waals surface area contributed by atoms with Gasteiger partial charge in [0.2, 0.25) is 0 Å². The lowest BCUT2D eigenvalue weighted by Crippen LogP contribution is -2.66. The van der Waals surface area contributed by atoms with Crippen LogP contribution in [-0.4, -0.2) is 81.6 Å². The molecule has 248 valence electrons. The van der Waals surface area contributed by atoms with E-state index in [1.165, 1.54) is 0 Å². The van der Waals surface area contributed by atoms with Crippen molar-refractivity contribution in [3.05, 3.63) is 11.1 Å². The van der Waals surface area contributed by atoms with Crippen molar-refractivity contribution in [3.63, 3.8) is 0 Å². The van der Waals surface area contributed by atoms with E-state index in [1.807, 2.05) is 39.3 Å². The summed E-state index contributed by atoms with van der Waals surface area (Å²) in [7, 11) is -18.3. The van der Waals surface area contributed by atoms with E-state index in [9.17, 15) is 19.8 Å². The van der Waals surface area contributed by atoms with Gasteiger partial charge in [0.25, 0.3) is 0 Å². The van der Waals surface area contributed by atoms with Crippen LogP contribution in [0, 0.1) is 5.92 Å². The Morgan fingerprint density at radius 3 is 1.07 bits per heavy atom. The molecule has 0 spiro atoms. The van der Waals surface area contributed by atoms with Crippen LogP contribution >= 0.6 is 0 Å². The van der Waals surface area contributed by atoms with Gasteiger partial charge in [0, 0.05) is 17.2 Å². The fourth-order valence-electron chi connectivity index (χ4n) is 5.18. The predicted molar refractivity (Wildman–Crippen MR) is 186 cm³/mol. The topological polar surface area (TPSA) is 130 Å². The van der Waals surface area contributed by atoms with Crippen LogP contribution < -0.4 is 0 Å². The maximum atomic E-state index is 12.2. The van der Waals surface area contributed by atoms with Gasteiger partial charge in [0.15, 0.2) is 25.0 Å². The first kappa shape index (κ1) is 42.0. The van der Waals surface area contributed by atoms with Crippen LogP contribution in [0.1, 0.15) is 26.7 Å². The number of aliphatic carboxylic acids is 2. The van der Waals surface area contributed by atoms with Crippen molar-refractivity contribution in [1.82, 2.24) is 0 Å². The van der Waals surface area contributed by atoms with Crippen LogP contribution in [0.2, 0.25) is 104 Å². The molecule has 0 saturated carbocycles. The Morgan fingerprint density at radius 2 is 0.857 bits per heavy atom. The summed E-state index contributed by atoms with van der Waals surface area (Å²) in [5, 5.41) is 19.8. The average molecular weight is 717 g/mol. The Balaban J connectivity index is 7.05. The second-order valence-electron chi connectivity index (χ2n) is 15.3. The van der Waals surface area contributed by atoms with E-state index in [1.54, 1.807) is 13.8 Å². The molecule has 42 heavy (non-hydrogen) atoms. The third-order valence-corrected chi connectivity index (χ3v) is 29.0. The van der Waals surface area contributed by atoms with E-state index < -0.39 is 77.3 Å². The highest BCUT2D eigenvalue weighted by molar-refractivity contribution is 6.92. The number of carboxylic acid groups (broad SMARTS) is 2. The van der Waals surface area contributed by atoms with Crippen molar-refractivity contribution in [2.45, 2.75) is 131 Å². The molecule has 0 unspecified atom stereocenters. The van der Waals surface area contributed by atoms with Crippen molar-refractivity contribution in [1.29, 1.82) is 0 Å². The molecule has 0 aliphatic heterocycles. The number of hydrogen-bond acceptors (Lipinski definition) is 8. The summed E-state index contributed by atoms with van der Waals surface area (Å²) in [6, 6.07) is 0.275. The monoisotopic (exact) mass is 716 g/mol. The summed E-state index contributed by atoms with van der Waals surface area (Å²) in [5.74, 6) is -2.91. The molecule has 0 amide bonds. The van der Waals surface area contributed by atoms with Crippen molar-refractivity contribution in [2.75, 3.05) is 0 Å². The molecule has 0 saturated heterocycles. The van der Waals surface area contributed by atoms with Gasteiger partial charge in [-0.15, -0.1) is 0 Å². The Bertz CT molecular complexity index is 888. The van der Waals surface area contributed by atoms with Gasteiger partial charge in [-0.05, 0) is 117 Å². The van der Waals surface area contributed by atoms with Gasteiger partial charge < -0.3 is 34.9 Å². The molecule has 0 radical (unpaired) electrons. The Morgan fingerprint density at radius 1 is 0.548 bits per heavy atom. The molecular weight excluding hydrogens is 657 g/mol. The SMILES string of the molecule is CC(C)/C(C(=O)O)=C(/CCC[Si](O[Si](C)(C)O[Si](C)(C)C)(O[Si](C)(C)O[Si](C)(C)C)O[Si](C)(C)O[Si](C)(C)C)C(=O)O. The molecule has 10 nitrogen and oxygen atoms in total. The fraction of sp³-hybridized carbons (Fsp3) is 0.840. The van der Waals surface area contributed by atoms with Gasteiger partial charge >= 0.3 is 46.4 Å². The molecule has 0 aromatic heterocycles. The zero-order valence-electron chi connectivity index (χ0n) is 29.4. The van der Waals surface area contributed by atoms with Crippen molar-refractivity contribution in [2.24, 2.45) is 5.92 Å². The Hall–Kier alpha value is -0.0418. The molecule has 2 N–H and O–H groups in total. The van der Waals surface area contributed by atoms with E-state index in [4.69, 9.17) is 24.7 Å². The van der Waals surface area contributed by atoms with Crippen LogP contribution in [-0.2, 0) is 34.3 Å². The highest BCUT2D eigenvalue weighted by Crippen LogP contribution is 2.35. The van der Waals surface area contributed by atoms with E-state index in [0.29, 0.717) is 6.42 Å². The quantitative estimate of drug-likeness (QED) is 0.102. The third kappa shape index (κ3) is 17.4. The zero-order valence-corrected chi connectivity index (χ0v) is 36.4. The standard InChI is InChI=1S/C25H60O10Si7/c1-21(2)23(25(28)29)22(24(26)27)19-18-20-42(33-39(12,13)30-36(3,4)5,34-40(14,15)31-37(6,7)8)35-41(16,17)32-38(9,10)11/h21H,18-20H2,1-17H3,(H,26,27)(H,28,29)/b23-22+. The summed E-state index contributed by atoms with van der Waals surface area (Å²) in [6.07, 6.45) is 0.328. The van der Waals surface area contributed by atoms with E-state index in [2.05, 4.69) is 58.9 Å². The second kappa shape index (κ2) is 15.0. The van der Waals surface area contributed by atoms with E-state index in [-0.39, 0.29) is 23.6 Å². The van der Waals surface area contributed by atoms with Gasteiger partial charge in [-0.2, -0.15) is 0 Å². The highest BCUT2D eigenvalue weighted by atomic mass is 28.5. The van der Waals surface area contributed by atoms with Gasteiger partial charge in [-0.25, -0.2) is 9.59 Å². The summed E-state index contributed by atoms with van der Waals surface area (Å²) >= 11 is 0. The van der Waals surface area contributed by atoms with Crippen LogP contribution in [0.3, 0.4) is 0 Å². The fourth-order valence-corrected chi connectivity index (χ4v) is 36.9. The van der Waals surface area contributed by atoms with Gasteiger partial charge in [0.05, 0.1) is 0 Å². The minimum absolute atomic E-state index is 0.0323. The summed E-state index contributed by atoms with van der Waals surface area (Å²) in [4.78, 5) is 24.2. The molecule has 0 aromatic rings. The lowest BCUT2D eigenvalue weighted by atomic mass is 9.94. The summed E-state index contributed by atoms with van der Waals surface area (Å²) in [5.41, 5.74) is -0.206. The molecule has 0 fully saturated rings. The smallest absolute Gasteiger partial charge is 0.474 e. The van der Waals surface area contributed by atoms with Crippen molar-refractivity contribution >= 4 is 71.4 Å². The van der Waals surface area contributed by atoms with Crippen LogP contribution in [0.25, 0.3) is 0 Å². The van der Waals surface area contributed by atoms with Gasteiger partial charge in [-0.3, -0.25) is 0 Å². The Labute approximate surface area is 263 Å². The minimum atomic E-state index is -3.68. The largest absolute Gasteiger partial charge is 0.478 e. The normalized spacial score (nSPS) is 15.2.